The predicted molar refractivity (Wildman–Crippen MR) is 101 cm³/mol. The molecule has 0 radical (unpaired) electrons. The Morgan fingerprint density at radius 3 is 2.56 bits per heavy atom. The van der Waals surface area contributed by atoms with Crippen LogP contribution in [-0.2, 0) is 4.79 Å². The van der Waals surface area contributed by atoms with E-state index < -0.39 is 0 Å². The Morgan fingerprint density at radius 1 is 1.12 bits per heavy atom. The second-order valence-electron chi connectivity index (χ2n) is 5.35. The lowest BCUT2D eigenvalue weighted by Gasteiger charge is -2.09. The topological polar surface area (TPSA) is 76.1 Å². The number of rotatable bonds is 9. The molecule has 2 rings (SSSR count). The molecule has 8 heteroatoms. The fourth-order valence-corrected chi connectivity index (χ4v) is 2.46. The van der Waals surface area contributed by atoms with Gasteiger partial charge in [0.25, 0.3) is 5.91 Å². The van der Waals surface area contributed by atoms with Crippen LogP contribution in [0.5, 0.6) is 5.75 Å². The van der Waals surface area contributed by atoms with Crippen LogP contribution in [-0.4, -0.2) is 29.3 Å². The van der Waals surface area contributed by atoms with Gasteiger partial charge in [-0.25, -0.2) is 0 Å². The molecule has 134 valence electrons. The molecular formula is C17H20Cl2N4O2. The van der Waals surface area contributed by atoms with Gasteiger partial charge >= 0.3 is 0 Å². The summed E-state index contributed by atoms with van der Waals surface area (Å²) in [5.74, 6) is 1.07. The van der Waals surface area contributed by atoms with Crippen molar-refractivity contribution < 1.29 is 9.53 Å². The fraction of sp³-hybridized carbons (Fsp3) is 0.353. The molecule has 2 aromatic rings. The molecule has 0 saturated carbocycles. The van der Waals surface area contributed by atoms with Crippen LogP contribution < -0.4 is 15.4 Å². The minimum Gasteiger partial charge on any atom is -0.482 e. The van der Waals surface area contributed by atoms with Crippen LogP contribution in [0.1, 0.15) is 26.2 Å². The molecule has 0 saturated heterocycles. The number of aromatic nitrogens is 2. The minimum absolute atomic E-state index is 0.194. The molecule has 0 aliphatic rings. The first-order valence-corrected chi connectivity index (χ1v) is 8.79. The first-order valence-electron chi connectivity index (χ1n) is 8.04. The van der Waals surface area contributed by atoms with Gasteiger partial charge in [-0.3, -0.25) is 4.79 Å². The summed E-state index contributed by atoms with van der Waals surface area (Å²) in [7, 11) is 0. The summed E-state index contributed by atoms with van der Waals surface area (Å²) >= 11 is 11.8. The fourth-order valence-electron chi connectivity index (χ4n) is 2.00. The maximum Gasteiger partial charge on any atom is 0.263 e. The van der Waals surface area contributed by atoms with Crippen molar-refractivity contribution >= 4 is 40.7 Å². The highest BCUT2D eigenvalue weighted by atomic mass is 35.5. The van der Waals surface area contributed by atoms with E-state index >= 15 is 0 Å². The van der Waals surface area contributed by atoms with Crippen LogP contribution in [0.4, 0.5) is 11.6 Å². The number of unbranched alkanes of at least 4 members (excludes halogenated alkanes) is 2. The average Bonchev–Trinajstić information content (AvgIpc) is 2.59. The van der Waals surface area contributed by atoms with Crippen LogP contribution in [0, 0.1) is 0 Å². The summed E-state index contributed by atoms with van der Waals surface area (Å²) in [5.41, 5.74) is 0. The van der Waals surface area contributed by atoms with Crippen molar-refractivity contribution in [3.05, 3.63) is 40.4 Å². The molecule has 0 unspecified atom stereocenters. The molecule has 1 aromatic heterocycles. The van der Waals surface area contributed by atoms with Gasteiger partial charge in [0.15, 0.2) is 12.4 Å². The highest BCUT2D eigenvalue weighted by Crippen LogP contribution is 2.27. The van der Waals surface area contributed by atoms with Crippen molar-refractivity contribution in [2.45, 2.75) is 26.2 Å². The Bertz CT molecular complexity index is 696. The normalized spacial score (nSPS) is 10.4. The minimum atomic E-state index is -0.357. The Morgan fingerprint density at radius 2 is 1.88 bits per heavy atom. The molecule has 1 amide bonds. The Hall–Kier alpha value is -2.05. The summed E-state index contributed by atoms with van der Waals surface area (Å²) in [6, 6.07) is 8.25. The van der Waals surface area contributed by atoms with E-state index in [1.807, 2.05) is 0 Å². The zero-order chi connectivity index (χ0) is 18.1. The lowest BCUT2D eigenvalue weighted by Crippen LogP contribution is -2.21. The third-order valence-corrected chi connectivity index (χ3v) is 3.80. The molecule has 0 aliphatic heterocycles. The molecule has 0 atom stereocenters. The number of nitrogens with one attached hydrogen (secondary N) is 2. The lowest BCUT2D eigenvalue weighted by atomic mass is 10.2. The third kappa shape index (κ3) is 6.76. The monoisotopic (exact) mass is 382 g/mol. The van der Waals surface area contributed by atoms with Gasteiger partial charge in [-0.1, -0.05) is 43.0 Å². The Balaban J connectivity index is 1.78. The van der Waals surface area contributed by atoms with E-state index in [9.17, 15) is 4.79 Å². The average molecular weight is 383 g/mol. The molecular weight excluding hydrogens is 363 g/mol. The zero-order valence-electron chi connectivity index (χ0n) is 13.9. The maximum absolute atomic E-state index is 11.9. The van der Waals surface area contributed by atoms with Crippen LogP contribution in [0.2, 0.25) is 10.0 Å². The van der Waals surface area contributed by atoms with Gasteiger partial charge in [-0.05, 0) is 36.8 Å². The number of halogens is 2. The van der Waals surface area contributed by atoms with Gasteiger partial charge in [-0.2, -0.15) is 0 Å². The van der Waals surface area contributed by atoms with Crippen LogP contribution in [0.25, 0.3) is 0 Å². The van der Waals surface area contributed by atoms with Crippen LogP contribution in [0.3, 0.4) is 0 Å². The number of benzene rings is 1. The van der Waals surface area contributed by atoms with E-state index in [1.54, 1.807) is 30.3 Å². The van der Waals surface area contributed by atoms with E-state index in [2.05, 4.69) is 27.8 Å². The summed E-state index contributed by atoms with van der Waals surface area (Å²) in [4.78, 5) is 11.9. The molecule has 0 bridgehead atoms. The van der Waals surface area contributed by atoms with Gasteiger partial charge in [0.1, 0.15) is 11.6 Å². The Labute approximate surface area is 156 Å². The summed E-state index contributed by atoms with van der Waals surface area (Å²) in [6.07, 6.45) is 3.43. The van der Waals surface area contributed by atoms with E-state index in [4.69, 9.17) is 27.9 Å². The lowest BCUT2D eigenvalue weighted by molar-refractivity contribution is -0.118. The molecule has 2 N–H and O–H groups in total. The molecule has 25 heavy (non-hydrogen) atoms. The number of nitrogens with zero attached hydrogens (tertiary/aromatic N) is 2. The quantitative estimate of drug-likeness (QED) is 0.628. The second-order valence-corrected chi connectivity index (χ2v) is 6.19. The molecule has 1 aromatic carbocycles. The van der Waals surface area contributed by atoms with E-state index in [-0.39, 0.29) is 12.5 Å². The van der Waals surface area contributed by atoms with Crippen molar-refractivity contribution in [1.29, 1.82) is 0 Å². The van der Waals surface area contributed by atoms with E-state index in [0.717, 1.165) is 13.0 Å². The van der Waals surface area contributed by atoms with Gasteiger partial charge in [-0.15, -0.1) is 10.2 Å². The van der Waals surface area contributed by atoms with Gasteiger partial charge in [0.2, 0.25) is 0 Å². The summed E-state index contributed by atoms with van der Waals surface area (Å²) in [6.45, 7) is 2.81. The summed E-state index contributed by atoms with van der Waals surface area (Å²) < 4.78 is 5.36. The molecule has 0 aliphatic carbocycles. The molecule has 6 nitrogen and oxygen atoms in total. The molecule has 0 spiro atoms. The smallest absolute Gasteiger partial charge is 0.263 e. The second kappa shape index (κ2) is 10.1. The number of amides is 1. The summed E-state index contributed by atoms with van der Waals surface area (Å²) in [5, 5.41) is 14.6. The largest absolute Gasteiger partial charge is 0.482 e. The highest BCUT2D eigenvalue weighted by molar-refractivity contribution is 6.35. The van der Waals surface area contributed by atoms with Crippen molar-refractivity contribution in [3.63, 3.8) is 0 Å². The van der Waals surface area contributed by atoms with Crippen molar-refractivity contribution in [2.24, 2.45) is 0 Å². The number of ether oxygens (including phenoxy) is 1. The standard InChI is InChI=1S/C17H20Cl2N4O2/c1-2-3-4-9-20-15-7-8-16(23-22-15)21-17(24)11-25-14-6-5-12(18)10-13(14)19/h5-8,10H,2-4,9,11H2,1H3,(H,20,22)(H,21,23,24). The van der Waals surface area contributed by atoms with Gasteiger partial charge < -0.3 is 15.4 Å². The highest BCUT2D eigenvalue weighted by Gasteiger charge is 2.08. The van der Waals surface area contributed by atoms with Crippen molar-refractivity contribution in [1.82, 2.24) is 10.2 Å². The van der Waals surface area contributed by atoms with Crippen LogP contribution >= 0.6 is 23.2 Å². The number of carbonyl (C=O) groups excluding carboxylic acids is 1. The first kappa shape index (κ1) is 19.3. The number of hydrogen-bond donors (Lipinski definition) is 2. The molecule has 0 fully saturated rings. The maximum atomic E-state index is 11.9. The predicted octanol–water partition coefficient (Wildman–Crippen LogP) is 4.40. The number of hydrogen-bond acceptors (Lipinski definition) is 5. The van der Waals surface area contributed by atoms with Gasteiger partial charge in [0, 0.05) is 11.6 Å². The van der Waals surface area contributed by atoms with Crippen molar-refractivity contribution in [2.75, 3.05) is 23.8 Å². The van der Waals surface area contributed by atoms with E-state index in [0.29, 0.717) is 27.4 Å². The first-order chi connectivity index (χ1) is 12.1. The van der Waals surface area contributed by atoms with Crippen LogP contribution in [0.15, 0.2) is 30.3 Å². The zero-order valence-corrected chi connectivity index (χ0v) is 15.4. The number of anilines is 2. The van der Waals surface area contributed by atoms with E-state index in [1.165, 1.54) is 12.8 Å². The number of carbonyl (C=O) groups is 1. The van der Waals surface area contributed by atoms with Gasteiger partial charge in [0.05, 0.1) is 5.02 Å². The third-order valence-electron chi connectivity index (χ3n) is 3.27. The molecule has 1 heterocycles. The SMILES string of the molecule is CCCCCNc1ccc(NC(=O)COc2ccc(Cl)cc2Cl)nn1. The van der Waals surface area contributed by atoms with Crippen molar-refractivity contribution in [3.8, 4) is 5.75 Å². The Kier molecular flexibility index (Phi) is 7.76.